The highest BCUT2D eigenvalue weighted by molar-refractivity contribution is 9.10. The van der Waals surface area contributed by atoms with Crippen LogP contribution in [0.1, 0.15) is 26.3 Å². The van der Waals surface area contributed by atoms with Crippen LogP contribution in [0.5, 0.6) is 0 Å². The summed E-state index contributed by atoms with van der Waals surface area (Å²) < 4.78 is 2.43. The zero-order chi connectivity index (χ0) is 14.0. The summed E-state index contributed by atoms with van der Waals surface area (Å²) in [7, 11) is 0. The van der Waals surface area contributed by atoms with Crippen LogP contribution in [0, 0.1) is 0 Å². The molecule has 5 heteroatoms. The zero-order valence-electron chi connectivity index (χ0n) is 12.0. The maximum absolute atomic E-state index is 9.24. The smallest absolute Gasteiger partial charge is 0.0558 e. The molecule has 1 N–H and O–H groups in total. The maximum atomic E-state index is 9.24. The van der Waals surface area contributed by atoms with Gasteiger partial charge in [0.1, 0.15) is 0 Å². The highest BCUT2D eigenvalue weighted by Crippen LogP contribution is 2.30. The van der Waals surface area contributed by atoms with E-state index in [0.717, 1.165) is 11.0 Å². The molecule has 0 atom stereocenters. The summed E-state index contributed by atoms with van der Waals surface area (Å²) in [4.78, 5) is 2.31. The van der Waals surface area contributed by atoms with Crippen molar-refractivity contribution in [2.45, 2.75) is 32.9 Å². The van der Waals surface area contributed by atoms with Gasteiger partial charge >= 0.3 is 0 Å². The van der Waals surface area contributed by atoms with E-state index in [0.29, 0.717) is 6.54 Å². The van der Waals surface area contributed by atoms with Crippen LogP contribution in [0.15, 0.2) is 28.1 Å². The topological polar surface area (TPSA) is 23.5 Å². The van der Waals surface area contributed by atoms with Gasteiger partial charge in [0.15, 0.2) is 0 Å². The third kappa shape index (κ3) is 4.18. The Kier molecular flexibility index (Phi) is 6.48. The van der Waals surface area contributed by atoms with Gasteiger partial charge in [0.2, 0.25) is 0 Å². The predicted octanol–water partition coefficient (Wildman–Crippen LogP) is 4.68. The lowest BCUT2D eigenvalue weighted by molar-refractivity contribution is 0.0989. The number of hydrogen-bond acceptors (Lipinski definition) is 3. The molecule has 0 saturated carbocycles. The molecule has 2 nitrogen and oxygen atoms in total. The van der Waals surface area contributed by atoms with E-state index in [9.17, 15) is 5.11 Å². The number of β-amino-alcohol motifs (C(OH)–C–C–N with tert-alkyl or cyclic N) is 1. The van der Waals surface area contributed by atoms with Gasteiger partial charge in [-0.3, -0.25) is 4.90 Å². The van der Waals surface area contributed by atoms with Gasteiger partial charge in [0.05, 0.1) is 6.61 Å². The molecule has 0 bridgehead atoms. The van der Waals surface area contributed by atoms with E-state index in [-0.39, 0.29) is 24.6 Å². The van der Waals surface area contributed by atoms with Gasteiger partial charge in [-0.15, -0.1) is 23.7 Å². The van der Waals surface area contributed by atoms with Crippen molar-refractivity contribution >= 4 is 49.8 Å². The Morgan fingerprint density at radius 2 is 2.00 bits per heavy atom. The van der Waals surface area contributed by atoms with Crippen molar-refractivity contribution < 1.29 is 5.11 Å². The lowest BCUT2D eigenvalue weighted by Gasteiger charge is -2.35. The van der Waals surface area contributed by atoms with Gasteiger partial charge in [0.25, 0.3) is 0 Å². The molecule has 2 aromatic rings. The normalized spacial score (nSPS) is 11.9. The lowest BCUT2D eigenvalue weighted by Crippen LogP contribution is -2.42. The highest BCUT2D eigenvalue weighted by atomic mass is 79.9. The van der Waals surface area contributed by atoms with E-state index in [1.165, 1.54) is 15.6 Å². The molecule has 20 heavy (non-hydrogen) atoms. The number of benzene rings is 1. The molecule has 0 unspecified atom stereocenters. The minimum atomic E-state index is 0. The molecule has 0 saturated heterocycles. The van der Waals surface area contributed by atoms with E-state index in [2.05, 4.69) is 65.2 Å². The molecule has 0 aliphatic carbocycles. The van der Waals surface area contributed by atoms with Crippen molar-refractivity contribution in [3.63, 3.8) is 0 Å². The quantitative estimate of drug-likeness (QED) is 0.835. The second-order valence-electron chi connectivity index (χ2n) is 5.72. The van der Waals surface area contributed by atoms with Crippen molar-refractivity contribution in [1.29, 1.82) is 0 Å². The Morgan fingerprint density at radius 3 is 2.60 bits per heavy atom. The fourth-order valence-corrected chi connectivity index (χ4v) is 3.45. The number of hydrogen-bond donors (Lipinski definition) is 1. The Labute approximate surface area is 139 Å². The zero-order valence-corrected chi connectivity index (χ0v) is 15.2. The van der Waals surface area contributed by atoms with Crippen LogP contribution < -0.4 is 0 Å². The molecule has 0 aliphatic rings. The van der Waals surface area contributed by atoms with Gasteiger partial charge in [0, 0.05) is 27.8 Å². The summed E-state index contributed by atoms with van der Waals surface area (Å²) in [6, 6.07) is 6.42. The van der Waals surface area contributed by atoms with Gasteiger partial charge in [-0.1, -0.05) is 15.9 Å². The average Bonchev–Trinajstić information content (AvgIpc) is 2.70. The fourth-order valence-electron chi connectivity index (χ4n) is 2.15. The molecule has 0 fully saturated rings. The summed E-state index contributed by atoms with van der Waals surface area (Å²) >= 11 is 5.32. The van der Waals surface area contributed by atoms with Crippen molar-refractivity contribution in [2.24, 2.45) is 0 Å². The number of nitrogens with zero attached hydrogens (tertiary/aromatic N) is 1. The first kappa shape index (κ1) is 17.9. The highest BCUT2D eigenvalue weighted by Gasteiger charge is 2.21. The van der Waals surface area contributed by atoms with Crippen LogP contribution in [-0.2, 0) is 6.54 Å². The summed E-state index contributed by atoms with van der Waals surface area (Å²) in [5.41, 5.74) is 1.40. The lowest BCUT2D eigenvalue weighted by atomic mass is 10.0. The first-order valence-electron chi connectivity index (χ1n) is 6.43. The predicted molar refractivity (Wildman–Crippen MR) is 94.0 cm³/mol. The molecule has 1 aromatic heterocycles. The van der Waals surface area contributed by atoms with Gasteiger partial charge < -0.3 is 5.11 Å². The molecule has 1 aromatic carbocycles. The first-order valence-corrected chi connectivity index (χ1v) is 8.10. The Balaban J connectivity index is 0.00000200. The van der Waals surface area contributed by atoms with E-state index in [1.807, 2.05) is 0 Å². The summed E-state index contributed by atoms with van der Waals surface area (Å²) in [5.74, 6) is 0. The van der Waals surface area contributed by atoms with Crippen LogP contribution in [0.3, 0.4) is 0 Å². The number of thiophene rings is 1. The van der Waals surface area contributed by atoms with Crippen molar-refractivity contribution in [3.05, 3.63) is 33.6 Å². The molecule has 0 radical (unpaired) electrons. The molecule has 2 rings (SSSR count). The number of aliphatic hydroxyl groups is 1. The molecular weight excluding hydrogens is 358 g/mol. The number of fused-ring (bicyclic) bond motifs is 1. The van der Waals surface area contributed by atoms with Crippen LogP contribution in [0.25, 0.3) is 10.1 Å². The third-order valence-corrected chi connectivity index (χ3v) is 4.80. The van der Waals surface area contributed by atoms with Crippen LogP contribution in [-0.4, -0.2) is 28.7 Å². The third-order valence-electron chi connectivity index (χ3n) is 3.30. The van der Waals surface area contributed by atoms with Crippen molar-refractivity contribution in [2.75, 3.05) is 13.2 Å². The molecule has 0 aliphatic heterocycles. The SMILES string of the molecule is CC(C)(C)N(CCO)Cc1csc2ccc(Br)cc12.Cl. The number of aliphatic hydroxyl groups excluding tert-OH is 1. The molecule has 0 spiro atoms. The maximum Gasteiger partial charge on any atom is 0.0558 e. The van der Waals surface area contributed by atoms with Crippen LogP contribution in [0.4, 0.5) is 0 Å². The monoisotopic (exact) mass is 377 g/mol. The van der Waals surface area contributed by atoms with Crippen molar-refractivity contribution in [3.8, 4) is 0 Å². The summed E-state index contributed by atoms with van der Waals surface area (Å²) in [5, 5.41) is 12.8. The van der Waals surface area contributed by atoms with Gasteiger partial charge in [-0.05, 0) is 55.3 Å². The fraction of sp³-hybridized carbons (Fsp3) is 0.467. The second-order valence-corrected chi connectivity index (χ2v) is 7.54. The molecular formula is C15H21BrClNOS. The number of rotatable bonds is 4. The van der Waals surface area contributed by atoms with E-state index in [1.54, 1.807) is 11.3 Å². The molecule has 1 heterocycles. The Hall–Kier alpha value is -0.130. The average molecular weight is 379 g/mol. The summed E-state index contributed by atoms with van der Waals surface area (Å²) in [6.07, 6.45) is 0. The van der Waals surface area contributed by atoms with Crippen LogP contribution >= 0.6 is 39.7 Å². The standard InChI is InChI=1S/C15H20BrNOS.ClH/c1-15(2,3)17(6-7-18)9-11-10-19-14-5-4-12(16)8-13(11)14;/h4-5,8,10,18H,6-7,9H2,1-3H3;1H. The van der Waals surface area contributed by atoms with Crippen LogP contribution in [0.2, 0.25) is 0 Å². The Bertz CT molecular complexity index is 564. The van der Waals surface area contributed by atoms with E-state index < -0.39 is 0 Å². The Morgan fingerprint density at radius 1 is 1.30 bits per heavy atom. The largest absolute Gasteiger partial charge is 0.395 e. The second kappa shape index (κ2) is 7.23. The minimum absolute atomic E-state index is 0. The van der Waals surface area contributed by atoms with Gasteiger partial charge in [-0.25, -0.2) is 0 Å². The first-order chi connectivity index (χ1) is 8.91. The van der Waals surface area contributed by atoms with Crippen molar-refractivity contribution in [1.82, 2.24) is 4.90 Å². The summed E-state index contributed by atoms with van der Waals surface area (Å²) in [6.45, 7) is 8.34. The minimum Gasteiger partial charge on any atom is -0.395 e. The molecule has 112 valence electrons. The van der Waals surface area contributed by atoms with Gasteiger partial charge in [-0.2, -0.15) is 0 Å². The molecule has 0 amide bonds. The number of halogens is 2. The van der Waals surface area contributed by atoms with E-state index in [4.69, 9.17) is 0 Å². The van der Waals surface area contributed by atoms with E-state index >= 15 is 0 Å².